The first-order valence-electron chi connectivity index (χ1n) is 7.33. The zero-order valence-corrected chi connectivity index (χ0v) is 15.2. The Labute approximate surface area is 140 Å². The fourth-order valence-electron chi connectivity index (χ4n) is 2.00. The van der Waals surface area contributed by atoms with Crippen molar-refractivity contribution in [3.05, 3.63) is 28.8 Å². The van der Waals surface area contributed by atoms with Gasteiger partial charge in [0.1, 0.15) is 0 Å². The van der Waals surface area contributed by atoms with Crippen molar-refractivity contribution in [3.63, 3.8) is 0 Å². The quantitative estimate of drug-likeness (QED) is 0.870. The maximum absolute atomic E-state index is 12.8. The summed E-state index contributed by atoms with van der Waals surface area (Å²) in [5, 5.41) is 2.44. The molecule has 0 aromatic heterocycles. The van der Waals surface area contributed by atoms with Gasteiger partial charge in [-0.05, 0) is 43.5 Å². The number of nitrogens with one attached hydrogen (secondary N) is 1. The second-order valence-electron chi connectivity index (χ2n) is 6.57. The maximum Gasteiger partial charge on any atom is 0.394 e. The van der Waals surface area contributed by atoms with Gasteiger partial charge in [-0.1, -0.05) is 13.8 Å². The Balaban J connectivity index is 2.95. The number of hydrogen-bond donors (Lipinski definition) is 1. The molecule has 1 amide bonds. The predicted octanol–water partition coefficient (Wildman–Crippen LogP) is 3.42. The van der Waals surface area contributed by atoms with E-state index in [1.807, 2.05) is 0 Å². The molecule has 0 radical (unpaired) electrons. The molecule has 0 aliphatic rings. The summed E-state index contributed by atoms with van der Waals surface area (Å²) in [5.41, 5.74) is -0.547. The van der Waals surface area contributed by atoms with E-state index in [-0.39, 0.29) is 23.4 Å². The van der Waals surface area contributed by atoms with Gasteiger partial charge < -0.3 is 5.32 Å². The highest BCUT2D eigenvalue weighted by atomic mass is 32.2. The van der Waals surface area contributed by atoms with Crippen LogP contribution in [0, 0.1) is 19.3 Å². The third kappa shape index (κ3) is 4.72. The number of alkyl halides is 3. The van der Waals surface area contributed by atoms with Crippen LogP contribution in [0.5, 0.6) is 0 Å². The predicted molar refractivity (Wildman–Crippen MR) is 85.8 cm³/mol. The third-order valence-electron chi connectivity index (χ3n) is 4.12. The van der Waals surface area contributed by atoms with Gasteiger partial charge in [-0.25, -0.2) is 8.42 Å². The molecule has 0 unspecified atom stereocenters. The van der Waals surface area contributed by atoms with Crippen LogP contribution in [-0.4, -0.2) is 33.3 Å². The summed E-state index contributed by atoms with van der Waals surface area (Å²) in [5.74, 6) is -0.584. The first kappa shape index (κ1) is 20.5. The molecular weight excluding hydrogens is 343 g/mol. The van der Waals surface area contributed by atoms with Gasteiger partial charge in [0.25, 0.3) is 5.91 Å². The number of benzene rings is 1. The lowest BCUT2D eigenvalue weighted by molar-refractivity contribution is -0.213. The Kier molecular flexibility index (Phi) is 5.75. The van der Waals surface area contributed by atoms with Gasteiger partial charge in [-0.15, -0.1) is 0 Å². The minimum absolute atomic E-state index is 0.00590. The average Bonchev–Trinajstić information content (AvgIpc) is 2.38. The van der Waals surface area contributed by atoms with Crippen LogP contribution in [0.25, 0.3) is 0 Å². The molecule has 0 bridgehead atoms. The van der Waals surface area contributed by atoms with Crippen LogP contribution in [0.3, 0.4) is 0 Å². The second kappa shape index (κ2) is 6.74. The monoisotopic (exact) mass is 365 g/mol. The van der Waals surface area contributed by atoms with E-state index in [2.05, 4.69) is 5.32 Å². The molecular formula is C16H22F3NO3S. The van der Waals surface area contributed by atoms with Crippen molar-refractivity contribution in [2.75, 3.05) is 12.8 Å². The lowest BCUT2D eigenvalue weighted by Gasteiger charge is -2.27. The van der Waals surface area contributed by atoms with Crippen LogP contribution < -0.4 is 5.32 Å². The molecule has 0 heterocycles. The van der Waals surface area contributed by atoms with Crippen LogP contribution in [-0.2, 0) is 9.84 Å². The molecule has 0 atom stereocenters. The van der Waals surface area contributed by atoms with Gasteiger partial charge in [0, 0.05) is 18.4 Å². The number of hydrogen-bond acceptors (Lipinski definition) is 3. The molecule has 0 aliphatic carbocycles. The molecule has 1 N–H and O–H groups in total. The van der Waals surface area contributed by atoms with E-state index in [9.17, 15) is 26.4 Å². The van der Waals surface area contributed by atoms with Crippen molar-refractivity contribution in [2.24, 2.45) is 5.41 Å². The number of sulfone groups is 1. The van der Waals surface area contributed by atoms with Gasteiger partial charge in [-0.3, -0.25) is 4.79 Å². The summed E-state index contributed by atoms with van der Waals surface area (Å²) >= 11 is 0. The zero-order chi connectivity index (χ0) is 18.9. The number of amides is 1. The third-order valence-corrected chi connectivity index (χ3v) is 5.21. The molecule has 4 nitrogen and oxygen atoms in total. The fraction of sp³-hybridized carbons (Fsp3) is 0.562. The van der Waals surface area contributed by atoms with Gasteiger partial charge in [0.2, 0.25) is 0 Å². The van der Waals surface area contributed by atoms with E-state index >= 15 is 0 Å². The first-order valence-corrected chi connectivity index (χ1v) is 9.22. The molecule has 0 aliphatic heterocycles. The minimum atomic E-state index is -4.36. The molecule has 1 aromatic rings. The molecule has 8 heteroatoms. The highest BCUT2D eigenvalue weighted by Gasteiger charge is 2.46. The average molecular weight is 365 g/mol. The summed E-state index contributed by atoms with van der Waals surface area (Å²) in [6.07, 6.45) is -3.60. The summed E-state index contributed by atoms with van der Waals surface area (Å²) in [7, 11) is -3.49. The SMILES string of the molecule is Cc1cc(S(C)(=O)=O)cc(C(=O)NCCC(C)(C)C(F)(F)F)c1C. The highest BCUT2D eigenvalue weighted by molar-refractivity contribution is 7.90. The standard InChI is InChI=1S/C16H22F3NO3S/c1-10-8-12(24(5,22)23)9-13(11(10)2)14(21)20-7-6-15(3,4)16(17,18)19/h8-9H,6-7H2,1-5H3,(H,20,21). The Morgan fingerprint density at radius 3 is 2.17 bits per heavy atom. The number of rotatable bonds is 5. The van der Waals surface area contributed by atoms with Crippen molar-refractivity contribution in [3.8, 4) is 0 Å². The van der Waals surface area contributed by atoms with Crippen molar-refractivity contribution in [2.45, 2.75) is 45.2 Å². The molecule has 1 aromatic carbocycles. The summed E-state index contributed by atoms with van der Waals surface area (Å²) in [6.45, 7) is 5.31. The first-order chi connectivity index (χ1) is 10.7. The normalized spacial score (nSPS) is 13.0. The minimum Gasteiger partial charge on any atom is -0.352 e. The molecule has 0 saturated heterocycles. The van der Waals surface area contributed by atoms with Crippen molar-refractivity contribution in [1.82, 2.24) is 5.32 Å². The molecule has 24 heavy (non-hydrogen) atoms. The number of halogens is 3. The Bertz CT molecular complexity index is 738. The Morgan fingerprint density at radius 1 is 1.17 bits per heavy atom. The Morgan fingerprint density at radius 2 is 1.71 bits per heavy atom. The van der Waals surface area contributed by atoms with Crippen LogP contribution in [0.15, 0.2) is 17.0 Å². The summed E-state index contributed by atoms with van der Waals surface area (Å²) in [4.78, 5) is 12.3. The highest BCUT2D eigenvalue weighted by Crippen LogP contribution is 2.39. The van der Waals surface area contributed by atoms with E-state index in [1.165, 1.54) is 12.1 Å². The summed E-state index contributed by atoms with van der Waals surface area (Å²) in [6, 6.07) is 2.72. The molecule has 0 saturated carbocycles. The van der Waals surface area contributed by atoms with Gasteiger partial charge in [0.15, 0.2) is 9.84 Å². The van der Waals surface area contributed by atoms with Gasteiger partial charge >= 0.3 is 6.18 Å². The van der Waals surface area contributed by atoms with Crippen molar-refractivity contribution < 1.29 is 26.4 Å². The van der Waals surface area contributed by atoms with Crippen molar-refractivity contribution >= 4 is 15.7 Å². The van der Waals surface area contributed by atoms with E-state index in [1.54, 1.807) is 13.8 Å². The largest absolute Gasteiger partial charge is 0.394 e. The van der Waals surface area contributed by atoms with E-state index in [4.69, 9.17) is 0 Å². The van der Waals surface area contributed by atoms with Crippen LogP contribution in [0.2, 0.25) is 0 Å². The molecule has 1 rings (SSSR count). The van der Waals surface area contributed by atoms with Crippen molar-refractivity contribution in [1.29, 1.82) is 0 Å². The van der Waals surface area contributed by atoms with E-state index in [0.29, 0.717) is 11.1 Å². The fourth-order valence-corrected chi connectivity index (χ4v) is 2.72. The summed E-state index contributed by atoms with van der Waals surface area (Å²) < 4.78 is 61.7. The lowest BCUT2D eigenvalue weighted by atomic mass is 9.88. The number of carbonyl (C=O) groups excluding carboxylic acids is 1. The topological polar surface area (TPSA) is 63.2 Å². The van der Waals surface area contributed by atoms with E-state index in [0.717, 1.165) is 20.1 Å². The smallest absolute Gasteiger partial charge is 0.352 e. The van der Waals surface area contributed by atoms with Crippen LogP contribution >= 0.6 is 0 Å². The number of aryl methyl sites for hydroxylation is 1. The van der Waals surface area contributed by atoms with Crippen LogP contribution in [0.4, 0.5) is 13.2 Å². The van der Waals surface area contributed by atoms with Crippen LogP contribution in [0.1, 0.15) is 41.8 Å². The van der Waals surface area contributed by atoms with Gasteiger partial charge in [-0.2, -0.15) is 13.2 Å². The number of carbonyl (C=O) groups is 1. The Hall–Kier alpha value is -1.57. The van der Waals surface area contributed by atoms with Gasteiger partial charge in [0.05, 0.1) is 10.3 Å². The molecule has 0 spiro atoms. The molecule has 136 valence electrons. The molecule has 0 fully saturated rings. The van der Waals surface area contributed by atoms with E-state index < -0.39 is 27.3 Å². The lowest BCUT2D eigenvalue weighted by Crippen LogP contribution is -2.36. The zero-order valence-electron chi connectivity index (χ0n) is 14.3. The maximum atomic E-state index is 12.8. The second-order valence-corrected chi connectivity index (χ2v) is 8.59.